The lowest BCUT2D eigenvalue weighted by molar-refractivity contribution is 0.314. The molecule has 7 heteroatoms. The van der Waals surface area contributed by atoms with Crippen molar-refractivity contribution in [1.82, 2.24) is 18.9 Å². The standard InChI is InChI=1S/C18H20N4O2S/c1-25(23,24)21-10-5-6-14(13-21)16-7-4-8-17(20-16)15-12-19-22-11-3-2-9-18(15)22/h2-4,7-9,11-12,14H,5-6,10,13H2,1H3. The normalized spacial score (nSPS) is 19.3. The average molecular weight is 356 g/mol. The smallest absolute Gasteiger partial charge is 0.211 e. The number of pyridine rings is 2. The molecule has 0 amide bonds. The zero-order valence-corrected chi connectivity index (χ0v) is 14.9. The fourth-order valence-electron chi connectivity index (χ4n) is 3.45. The van der Waals surface area contributed by atoms with Crippen LogP contribution in [-0.4, -0.2) is 46.7 Å². The second-order valence-electron chi connectivity index (χ2n) is 6.50. The lowest BCUT2D eigenvalue weighted by Crippen LogP contribution is -2.38. The van der Waals surface area contributed by atoms with Gasteiger partial charge in [-0.2, -0.15) is 5.10 Å². The maximum absolute atomic E-state index is 11.9. The van der Waals surface area contributed by atoms with Crippen LogP contribution in [0.2, 0.25) is 0 Å². The monoisotopic (exact) mass is 356 g/mol. The Hall–Kier alpha value is -2.25. The van der Waals surface area contributed by atoms with Gasteiger partial charge in [0.25, 0.3) is 0 Å². The summed E-state index contributed by atoms with van der Waals surface area (Å²) in [6.45, 7) is 1.10. The third kappa shape index (κ3) is 3.17. The molecule has 25 heavy (non-hydrogen) atoms. The molecule has 0 aliphatic carbocycles. The van der Waals surface area contributed by atoms with Crippen LogP contribution in [0.25, 0.3) is 16.8 Å². The van der Waals surface area contributed by atoms with Crippen LogP contribution < -0.4 is 0 Å². The lowest BCUT2D eigenvalue weighted by Gasteiger charge is -2.30. The van der Waals surface area contributed by atoms with Crippen LogP contribution in [0.5, 0.6) is 0 Å². The molecule has 0 aromatic carbocycles. The van der Waals surface area contributed by atoms with E-state index in [1.807, 2.05) is 53.3 Å². The van der Waals surface area contributed by atoms with Gasteiger partial charge in [-0.25, -0.2) is 17.2 Å². The fraction of sp³-hybridized carbons (Fsp3) is 0.333. The summed E-state index contributed by atoms with van der Waals surface area (Å²) in [7, 11) is -3.16. The molecule has 1 fully saturated rings. The second-order valence-corrected chi connectivity index (χ2v) is 8.48. The predicted molar refractivity (Wildman–Crippen MR) is 96.8 cm³/mol. The minimum Gasteiger partial charge on any atom is -0.252 e. The number of sulfonamides is 1. The zero-order chi connectivity index (χ0) is 17.4. The van der Waals surface area contributed by atoms with Crippen LogP contribution in [0.3, 0.4) is 0 Å². The van der Waals surface area contributed by atoms with Crippen LogP contribution in [0.4, 0.5) is 0 Å². The molecule has 4 heterocycles. The van der Waals surface area contributed by atoms with E-state index in [0.717, 1.165) is 35.3 Å². The van der Waals surface area contributed by atoms with Crippen LogP contribution in [0, 0.1) is 0 Å². The summed E-state index contributed by atoms with van der Waals surface area (Å²) in [4.78, 5) is 4.83. The number of hydrogen-bond acceptors (Lipinski definition) is 4. The number of piperidine rings is 1. The maximum Gasteiger partial charge on any atom is 0.211 e. The summed E-state index contributed by atoms with van der Waals surface area (Å²) >= 11 is 0. The predicted octanol–water partition coefficient (Wildman–Crippen LogP) is 2.54. The largest absolute Gasteiger partial charge is 0.252 e. The highest BCUT2D eigenvalue weighted by atomic mass is 32.2. The summed E-state index contributed by atoms with van der Waals surface area (Å²) in [5, 5.41) is 4.37. The molecule has 3 aromatic heterocycles. The number of hydrogen-bond donors (Lipinski definition) is 0. The van der Waals surface area contributed by atoms with Gasteiger partial charge in [-0.1, -0.05) is 12.1 Å². The van der Waals surface area contributed by atoms with E-state index in [4.69, 9.17) is 4.98 Å². The second kappa shape index (κ2) is 6.24. The Morgan fingerprint density at radius 2 is 2.04 bits per heavy atom. The molecule has 0 spiro atoms. The highest BCUT2D eigenvalue weighted by Gasteiger charge is 2.27. The van der Waals surface area contributed by atoms with E-state index in [-0.39, 0.29) is 5.92 Å². The van der Waals surface area contributed by atoms with E-state index in [1.54, 1.807) is 4.31 Å². The first-order valence-electron chi connectivity index (χ1n) is 8.37. The molecular weight excluding hydrogens is 336 g/mol. The molecule has 1 unspecified atom stereocenters. The molecule has 0 radical (unpaired) electrons. The van der Waals surface area contributed by atoms with Crippen molar-refractivity contribution in [2.75, 3.05) is 19.3 Å². The van der Waals surface area contributed by atoms with Crippen LogP contribution in [0.1, 0.15) is 24.5 Å². The highest BCUT2D eigenvalue weighted by molar-refractivity contribution is 7.88. The number of rotatable bonds is 3. The third-order valence-electron chi connectivity index (χ3n) is 4.74. The SMILES string of the molecule is CS(=O)(=O)N1CCCC(c2cccc(-c3cnn4ccccc34)n2)C1. The minimum atomic E-state index is -3.16. The van der Waals surface area contributed by atoms with Gasteiger partial charge in [0.2, 0.25) is 10.0 Å². The first-order valence-corrected chi connectivity index (χ1v) is 10.2. The van der Waals surface area contributed by atoms with Gasteiger partial charge >= 0.3 is 0 Å². The molecule has 3 aromatic rings. The van der Waals surface area contributed by atoms with Crippen molar-refractivity contribution in [3.8, 4) is 11.3 Å². The Labute approximate surface area is 147 Å². The molecule has 0 saturated carbocycles. The third-order valence-corrected chi connectivity index (χ3v) is 6.01. The van der Waals surface area contributed by atoms with Crippen molar-refractivity contribution in [2.24, 2.45) is 0 Å². The van der Waals surface area contributed by atoms with Crippen LogP contribution >= 0.6 is 0 Å². The Bertz CT molecular complexity index is 1010. The van der Waals surface area contributed by atoms with Crippen molar-refractivity contribution < 1.29 is 8.42 Å². The molecule has 4 rings (SSSR count). The van der Waals surface area contributed by atoms with E-state index in [0.29, 0.717) is 13.1 Å². The molecule has 0 N–H and O–H groups in total. The highest BCUT2D eigenvalue weighted by Crippen LogP contribution is 2.29. The molecule has 1 atom stereocenters. The molecular formula is C18H20N4O2S. The fourth-order valence-corrected chi connectivity index (χ4v) is 4.36. The molecule has 1 saturated heterocycles. The van der Waals surface area contributed by atoms with E-state index < -0.39 is 10.0 Å². The van der Waals surface area contributed by atoms with Crippen LogP contribution in [-0.2, 0) is 10.0 Å². The van der Waals surface area contributed by atoms with E-state index >= 15 is 0 Å². The Kier molecular flexibility index (Phi) is 4.05. The average Bonchev–Trinajstić information content (AvgIpc) is 3.05. The molecule has 130 valence electrons. The van der Waals surface area contributed by atoms with Gasteiger partial charge in [0.15, 0.2) is 0 Å². The maximum atomic E-state index is 11.9. The molecule has 1 aliphatic rings. The van der Waals surface area contributed by atoms with Crippen molar-refractivity contribution in [2.45, 2.75) is 18.8 Å². The van der Waals surface area contributed by atoms with Crippen molar-refractivity contribution in [1.29, 1.82) is 0 Å². The van der Waals surface area contributed by atoms with Gasteiger partial charge in [-0.3, -0.25) is 4.98 Å². The van der Waals surface area contributed by atoms with Gasteiger partial charge in [-0.05, 0) is 37.1 Å². The summed E-state index contributed by atoms with van der Waals surface area (Å²) in [5.41, 5.74) is 3.81. The minimum absolute atomic E-state index is 0.130. The van der Waals surface area contributed by atoms with Gasteiger partial charge in [0.1, 0.15) is 0 Å². The van der Waals surface area contributed by atoms with Gasteiger partial charge < -0.3 is 0 Å². The summed E-state index contributed by atoms with van der Waals surface area (Å²) in [6, 6.07) is 11.9. The number of fused-ring (bicyclic) bond motifs is 1. The first kappa shape index (κ1) is 16.2. The Morgan fingerprint density at radius 1 is 1.16 bits per heavy atom. The quantitative estimate of drug-likeness (QED) is 0.723. The molecule has 0 bridgehead atoms. The zero-order valence-electron chi connectivity index (χ0n) is 14.0. The van der Waals surface area contributed by atoms with E-state index in [9.17, 15) is 8.42 Å². The summed E-state index contributed by atoms with van der Waals surface area (Å²) in [5.74, 6) is 0.130. The van der Waals surface area contributed by atoms with Crippen molar-refractivity contribution in [3.05, 3.63) is 54.5 Å². The molecule has 6 nitrogen and oxygen atoms in total. The van der Waals surface area contributed by atoms with Crippen molar-refractivity contribution in [3.63, 3.8) is 0 Å². The van der Waals surface area contributed by atoms with Gasteiger partial charge in [0, 0.05) is 36.5 Å². The Morgan fingerprint density at radius 3 is 2.88 bits per heavy atom. The van der Waals surface area contributed by atoms with E-state index in [2.05, 4.69) is 5.10 Å². The van der Waals surface area contributed by atoms with Crippen LogP contribution in [0.15, 0.2) is 48.8 Å². The molecule has 1 aliphatic heterocycles. The van der Waals surface area contributed by atoms with E-state index in [1.165, 1.54) is 6.26 Å². The first-order chi connectivity index (χ1) is 12.0. The Balaban J connectivity index is 1.68. The topological polar surface area (TPSA) is 67.6 Å². The number of aromatic nitrogens is 3. The van der Waals surface area contributed by atoms with Crippen molar-refractivity contribution >= 4 is 15.5 Å². The summed E-state index contributed by atoms with van der Waals surface area (Å²) < 4.78 is 27.1. The summed E-state index contributed by atoms with van der Waals surface area (Å²) in [6.07, 6.45) is 6.83. The number of nitrogens with zero attached hydrogens (tertiary/aromatic N) is 4. The van der Waals surface area contributed by atoms with Gasteiger partial charge in [-0.15, -0.1) is 0 Å². The van der Waals surface area contributed by atoms with Gasteiger partial charge in [0.05, 0.1) is 23.7 Å². The lowest BCUT2D eigenvalue weighted by atomic mass is 9.95.